The Morgan fingerprint density at radius 2 is 2.03 bits per heavy atom. The molecular weight excluding hydrogens is 501 g/mol. The molecule has 0 aliphatic carbocycles. The van der Waals surface area contributed by atoms with Gasteiger partial charge in [0.2, 0.25) is 0 Å². The number of halogens is 1. The monoisotopic (exact) mass is 529 g/mol. The molecule has 1 aromatic heterocycles. The van der Waals surface area contributed by atoms with Crippen molar-refractivity contribution in [1.82, 2.24) is 10.2 Å². The number of piperazine rings is 1. The highest BCUT2D eigenvalue weighted by atomic mass is 127. The average molecular weight is 529 g/mol. The van der Waals surface area contributed by atoms with Gasteiger partial charge in [-0.3, -0.25) is 4.79 Å². The summed E-state index contributed by atoms with van der Waals surface area (Å²) in [7, 11) is 0. The van der Waals surface area contributed by atoms with Crippen LogP contribution in [0.15, 0.2) is 46.8 Å². The molecule has 0 saturated carbocycles. The highest BCUT2D eigenvalue weighted by Crippen LogP contribution is 2.22. The number of aliphatic imine (C=N–C) groups is 1. The lowest BCUT2D eigenvalue weighted by Crippen LogP contribution is -2.52. The molecule has 2 heterocycles. The number of hydrogen-bond donors (Lipinski definition) is 2. The largest absolute Gasteiger partial charge is 0.484 e. The van der Waals surface area contributed by atoms with Crippen LogP contribution in [0.3, 0.4) is 0 Å². The van der Waals surface area contributed by atoms with Crippen LogP contribution in [-0.2, 0) is 11.3 Å². The molecule has 0 unspecified atom stereocenters. The molecule has 7 nitrogen and oxygen atoms in total. The fraction of sp³-hybridized carbons (Fsp3) is 0.400. The molecule has 1 saturated heterocycles. The van der Waals surface area contributed by atoms with E-state index < -0.39 is 5.91 Å². The minimum Gasteiger partial charge on any atom is -0.484 e. The predicted octanol–water partition coefficient (Wildman–Crippen LogP) is 2.52. The van der Waals surface area contributed by atoms with Crippen LogP contribution in [0.25, 0.3) is 0 Å². The number of anilines is 1. The van der Waals surface area contributed by atoms with Crippen LogP contribution in [0.1, 0.15) is 12.5 Å². The van der Waals surface area contributed by atoms with Crippen molar-refractivity contribution in [1.29, 1.82) is 0 Å². The van der Waals surface area contributed by atoms with Crippen molar-refractivity contribution in [3.05, 3.63) is 47.3 Å². The van der Waals surface area contributed by atoms with E-state index in [-0.39, 0.29) is 30.6 Å². The molecule has 0 spiro atoms. The number of benzene rings is 1. The molecule has 3 rings (SSSR count). The number of nitrogens with two attached hydrogens (primary N) is 1. The molecule has 1 aliphatic rings. The first kappa shape index (κ1) is 23.3. The Morgan fingerprint density at radius 3 is 2.69 bits per heavy atom. The summed E-state index contributed by atoms with van der Waals surface area (Å²) in [6.45, 7) is 7.17. The lowest BCUT2D eigenvalue weighted by Gasteiger charge is -2.37. The summed E-state index contributed by atoms with van der Waals surface area (Å²) in [6, 6.07) is 11.9. The maximum Gasteiger partial charge on any atom is 0.255 e. The number of carbonyl (C=O) groups excluding carboxylic acids is 1. The zero-order valence-electron chi connectivity index (χ0n) is 16.5. The lowest BCUT2D eigenvalue weighted by molar-refractivity contribution is -0.119. The molecule has 158 valence electrons. The first-order chi connectivity index (χ1) is 13.7. The number of carbonyl (C=O) groups is 1. The smallest absolute Gasteiger partial charge is 0.255 e. The van der Waals surface area contributed by atoms with Gasteiger partial charge >= 0.3 is 0 Å². The van der Waals surface area contributed by atoms with E-state index in [0.717, 1.165) is 44.2 Å². The number of ether oxygens (including phenoxy) is 1. The maximum atomic E-state index is 10.9. The second kappa shape index (κ2) is 11.9. The van der Waals surface area contributed by atoms with Crippen molar-refractivity contribution in [2.45, 2.75) is 13.5 Å². The molecule has 0 bridgehead atoms. The van der Waals surface area contributed by atoms with Gasteiger partial charge in [0, 0.05) is 32.7 Å². The summed E-state index contributed by atoms with van der Waals surface area (Å²) >= 11 is 1.78. The molecule has 0 atom stereocenters. The summed E-state index contributed by atoms with van der Waals surface area (Å²) in [6.07, 6.45) is 0. The number of amides is 1. The highest BCUT2D eigenvalue weighted by Gasteiger charge is 2.20. The van der Waals surface area contributed by atoms with Gasteiger partial charge in [-0.2, -0.15) is 0 Å². The first-order valence-corrected chi connectivity index (χ1v) is 10.4. The predicted molar refractivity (Wildman–Crippen MR) is 129 cm³/mol. The normalized spacial score (nSPS) is 14.3. The number of hydrogen-bond acceptors (Lipinski definition) is 5. The molecule has 1 aromatic carbocycles. The van der Waals surface area contributed by atoms with Gasteiger partial charge in [-0.1, -0.05) is 12.1 Å². The summed E-state index contributed by atoms with van der Waals surface area (Å²) < 4.78 is 5.37. The Morgan fingerprint density at radius 1 is 1.24 bits per heavy atom. The molecule has 9 heteroatoms. The maximum absolute atomic E-state index is 10.9. The molecule has 1 amide bonds. The molecule has 1 fully saturated rings. The summed E-state index contributed by atoms with van der Waals surface area (Å²) in [5.74, 6) is 1.07. The third-order valence-electron chi connectivity index (χ3n) is 4.42. The first-order valence-electron chi connectivity index (χ1n) is 9.47. The second-order valence-electron chi connectivity index (χ2n) is 6.50. The van der Waals surface area contributed by atoms with Gasteiger partial charge in [0.15, 0.2) is 12.6 Å². The fourth-order valence-corrected chi connectivity index (χ4v) is 3.85. The van der Waals surface area contributed by atoms with E-state index >= 15 is 0 Å². The highest BCUT2D eigenvalue weighted by molar-refractivity contribution is 14.0. The molecule has 2 aromatic rings. The lowest BCUT2D eigenvalue weighted by atomic mass is 10.2. The van der Waals surface area contributed by atoms with Crippen LogP contribution in [0.2, 0.25) is 0 Å². The standard InChI is InChI=1S/C20H27N5O2S.HI/c1-2-22-20(25-10-8-24(9-11-25)19-7-4-12-28-19)23-14-16-5-3-6-17(13-16)27-15-18(21)26;/h3-7,12-13H,2,8-11,14-15H2,1H3,(H2,21,26)(H,22,23);1H. The van der Waals surface area contributed by atoms with Gasteiger partial charge in [-0.25, -0.2) is 4.99 Å². The quantitative estimate of drug-likeness (QED) is 0.327. The van der Waals surface area contributed by atoms with E-state index in [2.05, 4.69) is 39.6 Å². The molecule has 29 heavy (non-hydrogen) atoms. The van der Waals surface area contributed by atoms with Crippen molar-refractivity contribution < 1.29 is 9.53 Å². The van der Waals surface area contributed by atoms with Crippen LogP contribution in [0.4, 0.5) is 5.00 Å². The fourth-order valence-electron chi connectivity index (χ4n) is 3.07. The van der Waals surface area contributed by atoms with Crippen molar-refractivity contribution in [2.24, 2.45) is 10.7 Å². The van der Waals surface area contributed by atoms with Gasteiger partial charge in [-0.05, 0) is 42.1 Å². The van der Waals surface area contributed by atoms with Crippen LogP contribution in [0, 0.1) is 0 Å². The number of rotatable bonds is 7. The van der Waals surface area contributed by atoms with E-state index in [9.17, 15) is 4.79 Å². The molecular formula is C20H28IN5O2S. The van der Waals surface area contributed by atoms with E-state index in [1.165, 1.54) is 5.00 Å². The van der Waals surface area contributed by atoms with Crippen LogP contribution in [-0.4, -0.2) is 56.1 Å². The van der Waals surface area contributed by atoms with Crippen LogP contribution >= 0.6 is 35.3 Å². The number of nitrogens with zero attached hydrogens (tertiary/aromatic N) is 3. The SMILES string of the molecule is CCNC(=NCc1cccc(OCC(N)=O)c1)N1CCN(c2cccs2)CC1.I. The minimum absolute atomic E-state index is 0. The van der Waals surface area contributed by atoms with Crippen LogP contribution < -0.4 is 20.7 Å². The van der Waals surface area contributed by atoms with Crippen LogP contribution in [0.5, 0.6) is 5.75 Å². The average Bonchev–Trinajstić information content (AvgIpc) is 3.25. The topological polar surface area (TPSA) is 83.2 Å². The number of guanidine groups is 1. The number of thiophene rings is 1. The molecule has 3 N–H and O–H groups in total. The van der Waals surface area contributed by atoms with Gasteiger partial charge in [-0.15, -0.1) is 35.3 Å². The Labute approximate surface area is 192 Å². The Kier molecular flexibility index (Phi) is 9.52. The third kappa shape index (κ3) is 7.07. The Balaban J connectivity index is 0.00000300. The van der Waals surface area contributed by atoms with Crippen molar-refractivity contribution in [3.63, 3.8) is 0 Å². The second-order valence-corrected chi connectivity index (χ2v) is 7.42. The van der Waals surface area contributed by atoms with E-state index in [1.807, 2.05) is 24.3 Å². The molecule has 0 radical (unpaired) electrons. The summed E-state index contributed by atoms with van der Waals surface area (Å²) in [5, 5.41) is 6.84. The summed E-state index contributed by atoms with van der Waals surface area (Å²) in [5.41, 5.74) is 6.15. The Bertz CT molecular complexity index is 792. The number of primary amides is 1. The van der Waals surface area contributed by atoms with E-state index in [0.29, 0.717) is 12.3 Å². The summed E-state index contributed by atoms with van der Waals surface area (Å²) in [4.78, 5) is 20.4. The van der Waals surface area contributed by atoms with Gasteiger partial charge in [0.05, 0.1) is 11.5 Å². The van der Waals surface area contributed by atoms with Gasteiger partial charge < -0.3 is 25.6 Å². The van der Waals surface area contributed by atoms with Crippen molar-refractivity contribution in [3.8, 4) is 5.75 Å². The van der Waals surface area contributed by atoms with Crippen molar-refractivity contribution >= 4 is 52.2 Å². The molecule has 1 aliphatic heterocycles. The minimum atomic E-state index is -0.487. The van der Waals surface area contributed by atoms with E-state index in [4.69, 9.17) is 15.5 Å². The van der Waals surface area contributed by atoms with Gasteiger partial charge in [0.1, 0.15) is 5.75 Å². The zero-order valence-corrected chi connectivity index (χ0v) is 19.7. The Hall–Kier alpha value is -2.01. The van der Waals surface area contributed by atoms with Gasteiger partial charge in [0.25, 0.3) is 5.91 Å². The zero-order chi connectivity index (χ0) is 19.8. The third-order valence-corrected chi connectivity index (χ3v) is 5.35. The number of nitrogens with one attached hydrogen (secondary N) is 1. The van der Waals surface area contributed by atoms with E-state index in [1.54, 1.807) is 11.3 Å². The van der Waals surface area contributed by atoms with Crippen molar-refractivity contribution in [2.75, 3.05) is 44.2 Å².